The zero-order chi connectivity index (χ0) is 15.2. The van der Waals surface area contributed by atoms with Gasteiger partial charge in [0.25, 0.3) is 0 Å². The molecule has 1 heterocycles. The first kappa shape index (κ1) is 15.4. The molecule has 0 fully saturated rings. The molecule has 0 aliphatic rings. The number of halogens is 1. The van der Waals surface area contributed by atoms with Crippen molar-refractivity contribution < 1.29 is 9.13 Å². The molecule has 0 saturated carbocycles. The number of rotatable bonds is 6. The third-order valence-corrected chi connectivity index (χ3v) is 3.00. The van der Waals surface area contributed by atoms with Gasteiger partial charge in [-0.05, 0) is 37.1 Å². The fraction of sp³-hybridized carbons (Fsp3) is 0.353. The predicted octanol–water partition coefficient (Wildman–Crippen LogP) is 4.07. The Morgan fingerprint density at radius 1 is 1.24 bits per heavy atom. The molecule has 1 N–H and O–H groups in total. The predicted molar refractivity (Wildman–Crippen MR) is 82.0 cm³/mol. The van der Waals surface area contributed by atoms with Crippen LogP contribution in [0.1, 0.15) is 25.1 Å². The van der Waals surface area contributed by atoms with Crippen molar-refractivity contribution in [2.24, 2.45) is 5.92 Å². The van der Waals surface area contributed by atoms with Crippen molar-refractivity contribution in [3.63, 3.8) is 0 Å². The number of pyridine rings is 1. The molecular weight excluding hydrogens is 267 g/mol. The van der Waals surface area contributed by atoms with Crippen molar-refractivity contribution in [2.75, 3.05) is 6.54 Å². The van der Waals surface area contributed by atoms with Gasteiger partial charge in [0, 0.05) is 18.7 Å². The lowest BCUT2D eigenvalue weighted by atomic mass is 10.2. The molecule has 3 nitrogen and oxygen atoms in total. The van der Waals surface area contributed by atoms with Crippen molar-refractivity contribution in [3.05, 3.63) is 53.5 Å². The van der Waals surface area contributed by atoms with Gasteiger partial charge in [-0.1, -0.05) is 26.0 Å². The summed E-state index contributed by atoms with van der Waals surface area (Å²) in [5.41, 5.74) is 1.78. The lowest BCUT2D eigenvalue weighted by Crippen LogP contribution is -2.19. The zero-order valence-corrected chi connectivity index (χ0v) is 12.7. The maximum absolute atomic E-state index is 13.3. The smallest absolute Gasteiger partial charge is 0.219 e. The number of aryl methyl sites for hydroxylation is 1. The number of aromatic nitrogens is 1. The molecule has 0 aliphatic carbocycles. The lowest BCUT2D eigenvalue weighted by molar-refractivity contribution is 0.450. The van der Waals surface area contributed by atoms with E-state index < -0.39 is 0 Å². The van der Waals surface area contributed by atoms with Gasteiger partial charge in [0.15, 0.2) is 0 Å². The highest BCUT2D eigenvalue weighted by Gasteiger charge is 2.05. The molecule has 0 saturated heterocycles. The van der Waals surface area contributed by atoms with Gasteiger partial charge < -0.3 is 10.1 Å². The molecule has 1 aromatic carbocycles. The highest BCUT2D eigenvalue weighted by Crippen LogP contribution is 2.24. The van der Waals surface area contributed by atoms with Crippen LogP contribution in [0, 0.1) is 18.7 Å². The second-order valence-electron chi connectivity index (χ2n) is 5.50. The number of nitrogens with one attached hydrogen (secondary N) is 1. The summed E-state index contributed by atoms with van der Waals surface area (Å²) in [7, 11) is 0. The quantitative estimate of drug-likeness (QED) is 0.870. The van der Waals surface area contributed by atoms with Crippen molar-refractivity contribution in [3.8, 4) is 11.6 Å². The largest absolute Gasteiger partial charge is 0.439 e. The topological polar surface area (TPSA) is 34.1 Å². The van der Waals surface area contributed by atoms with Gasteiger partial charge in [-0.3, -0.25) is 0 Å². The van der Waals surface area contributed by atoms with Crippen LogP contribution in [-0.2, 0) is 6.54 Å². The van der Waals surface area contributed by atoms with Crippen LogP contribution >= 0.6 is 0 Å². The van der Waals surface area contributed by atoms with Gasteiger partial charge in [0.05, 0.1) is 5.69 Å². The summed E-state index contributed by atoms with van der Waals surface area (Å²) in [5, 5.41) is 3.33. The zero-order valence-electron chi connectivity index (χ0n) is 12.7. The molecule has 0 unspecified atom stereocenters. The normalized spacial score (nSPS) is 10.9. The van der Waals surface area contributed by atoms with Gasteiger partial charge in [-0.2, -0.15) is 0 Å². The van der Waals surface area contributed by atoms with Crippen LogP contribution in [-0.4, -0.2) is 11.5 Å². The Bertz CT molecular complexity index is 599. The van der Waals surface area contributed by atoms with E-state index >= 15 is 0 Å². The van der Waals surface area contributed by atoms with E-state index in [1.54, 1.807) is 12.1 Å². The SMILES string of the molecule is Cc1ccc(F)cc1Oc1cccc(CNCC(C)C)n1. The first-order valence-electron chi connectivity index (χ1n) is 7.15. The summed E-state index contributed by atoms with van der Waals surface area (Å²) in [6, 6.07) is 10.1. The van der Waals surface area contributed by atoms with Crippen LogP contribution in [0.15, 0.2) is 36.4 Å². The van der Waals surface area contributed by atoms with E-state index in [2.05, 4.69) is 24.1 Å². The van der Waals surface area contributed by atoms with Crippen LogP contribution in [0.4, 0.5) is 4.39 Å². The minimum atomic E-state index is -0.314. The molecular formula is C17H21FN2O. The van der Waals surface area contributed by atoms with E-state index in [9.17, 15) is 4.39 Å². The Kier molecular flexibility index (Phi) is 5.28. The van der Waals surface area contributed by atoms with E-state index in [-0.39, 0.29) is 5.82 Å². The Morgan fingerprint density at radius 2 is 2.05 bits per heavy atom. The van der Waals surface area contributed by atoms with Gasteiger partial charge in [0.2, 0.25) is 5.88 Å². The first-order valence-corrected chi connectivity index (χ1v) is 7.15. The molecule has 0 amide bonds. The Hall–Kier alpha value is -1.94. The Morgan fingerprint density at radius 3 is 2.81 bits per heavy atom. The number of ether oxygens (including phenoxy) is 1. The van der Waals surface area contributed by atoms with Crippen LogP contribution in [0.25, 0.3) is 0 Å². The summed E-state index contributed by atoms with van der Waals surface area (Å²) in [6.45, 7) is 7.83. The maximum atomic E-state index is 13.3. The second-order valence-corrected chi connectivity index (χ2v) is 5.50. The minimum absolute atomic E-state index is 0.314. The fourth-order valence-corrected chi connectivity index (χ4v) is 1.90. The standard InChI is InChI=1S/C17H21FN2O/c1-12(2)10-19-11-15-5-4-6-17(20-15)21-16-9-14(18)8-7-13(16)3/h4-9,12,19H,10-11H2,1-3H3. The summed E-state index contributed by atoms with van der Waals surface area (Å²) in [6.07, 6.45) is 0. The number of benzene rings is 1. The third kappa shape index (κ3) is 4.83. The molecule has 4 heteroatoms. The van der Waals surface area contributed by atoms with Gasteiger partial charge in [-0.15, -0.1) is 0 Å². The molecule has 1 aromatic heterocycles. The van der Waals surface area contributed by atoms with Crippen molar-refractivity contribution in [1.29, 1.82) is 0 Å². The van der Waals surface area contributed by atoms with Crippen LogP contribution in [0.5, 0.6) is 11.6 Å². The fourth-order valence-electron chi connectivity index (χ4n) is 1.90. The number of hydrogen-bond donors (Lipinski definition) is 1. The molecule has 112 valence electrons. The van der Waals surface area contributed by atoms with E-state index in [1.165, 1.54) is 12.1 Å². The lowest BCUT2D eigenvalue weighted by Gasteiger charge is -2.10. The summed E-state index contributed by atoms with van der Waals surface area (Å²) < 4.78 is 18.9. The first-order chi connectivity index (χ1) is 10.0. The molecule has 21 heavy (non-hydrogen) atoms. The van der Waals surface area contributed by atoms with E-state index in [0.717, 1.165) is 17.8 Å². The van der Waals surface area contributed by atoms with E-state index in [4.69, 9.17) is 4.74 Å². The average Bonchev–Trinajstić information content (AvgIpc) is 2.43. The Labute approximate surface area is 125 Å². The average molecular weight is 288 g/mol. The van der Waals surface area contributed by atoms with Crippen LogP contribution in [0.3, 0.4) is 0 Å². The monoisotopic (exact) mass is 288 g/mol. The van der Waals surface area contributed by atoms with E-state index in [1.807, 2.05) is 19.1 Å². The molecule has 0 atom stereocenters. The minimum Gasteiger partial charge on any atom is -0.439 e. The second kappa shape index (κ2) is 7.18. The molecule has 2 aromatic rings. The number of nitrogens with zero attached hydrogens (tertiary/aromatic N) is 1. The van der Waals surface area contributed by atoms with Crippen LogP contribution < -0.4 is 10.1 Å². The molecule has 0 bridgehead atoms. The molecule has 0 aliphatic heterocycles. The van der Waals surface area contributed by atoms with Crippen molar-refractivity contribution in [2.45, 2.75) is 27.3 Å². The highest BCUT2D eigenvalue weighted by atomic mass is 19.1. The summed E-state index contributed by atoms with van der Waals surface area (Å²) in [4.78, 5) is 4.43. The van der Waals surface area contributed by atoms with Crippen molar-refractivity contribution >= 4 is 0 Å². The Balaban J connectivity index is 2.05. The summed E-state index contributed by atoms with van der Waals surface area (Å²) in [5.74, 6) is 1.26. The van der Waals surface area contributed by atoms with Crippen LogP contribution in [0.2, 0.25) is 0 Å². The molecule has 0 radical (unpaired) electrons. The number of hydrogen-bond acceptors (Lipinski definition) is 3. The maximum Gasteiger partial charge on any atom is 0.219 e. The van der Waals surface area contributed by atoms with Crippen molar-refractivity contribution in [1.82, 2.24) is 10.3 Å². The molecule has 2 rings (SSSR count). The third-order valence-electron chi connectivity index (χ3n) is 3.00. The van der Waals surface area contributed by atoms with Gasteiger partial charge in [-0.25, -0.2) is 9.37 Å². The van der Waals surface area contributed by atoms with E-state index in [0.29, 0.717) is 24.1 Å². The summed E-state index contributed by atoms with van der Waals surface area (Å²) >= 11 is 0. The van der Waals surface area contributed by atoms with Gasteiger partial charge >= 0.3 is 0 Å². The highest BCUT2D eigenvalue weighted by molar-refractivity contribution is 5.35. The van der Waals surface area contributed by atoms with Gasteiger partial charge in [0.1, 0.15) is 11.6 Å². The molecule has 0 spiro atoms.